The molecule has 6 heteroatoms. The van der Waals surface area contributed by atoms with Crippen LogP contribution in [0.1, 0.15) is 16.1 Å². The lowest BCUT2D eigenvalue weighted by molar-refractivity contribution is 0.0731. The van der Waals surface area contributed by atoms with Gasteiger partial charge in [-0.3, -0.25) is 9.78 Å². The fraction of sp³-hybridized carbons (Fsp3) is 0.353. The van der Waals surface area contributed by atoms with Crippen molar-refractivity contribution >= 4 is 17.5 Å². The van der Waals surface area contributed by atoms with Crippen LogP contribution in [0.25, 0.3) is 0 Å². The number of hydrogen-bond acceptors (Lipinski definition) is 4. The molecule has 0 radical (unpaired) electrons. The number of rotatable bonds is 3. The van der Waals surface area contributed by atoms with Crippen molar-refractivity contribution in [3.63, 3.8) is 0 Å². The van der Waals surface area contributed by atoms with E-state index in [9.17, 15) is 4.79 Å². The molecule has 1 aliphatic rings. The fourth-order valence-corrected chi connectivity index (χ4v) is 2.95. The molecular weight excluding hydrogens is 314 g/mol. The molecule has 1 aliphatic heterocycles. The molecule has 2 heterocycles. The molecule has 0 unspecified atom stereocenters. The Bertz CT molecular complexity index is 666. The van der Waals surface area contributed by atoms with E-state index in [1.807, 2.05) is 24.3 Å². The highest BCUT2D eigenvalue weighted by molar-refractivity contribution is 6.31. The number of amides is 1. The number of aromatic nitrogens is 2. The van der Waals surface area contributed by atoms with Gasteiger partial charge in [-0.05, 0) is 18.1 Å². The molecule has 5 nitrogen and oxygen atoms in total. The van der Waals surface area contributed by atoms with Crippen molar-refractivity contribution in [1.82, 2.24) is 14.9 Å². The number of benzene rings is 1. The van der Waals surface area contributed by atoms with Crippen LogP contribution in [0, 0.1) is 5.92 Å². The summed E-state index contributed by atoms with van der Waals surface area (Å²) in [4.78, 5) is 22.4. The van der Waals surface area contributed by atoms with Crippen LogP contribution in [-0.2, 0) is 11.2 Å². The van der Waals surface area contributed by atoms with E-state index in [0.717, 1.165) is 17.0 Å². The standard InChI is InChI=1S/C17H18ClN3O2/c18-15-4-2-1-3-14(15)9-13-11-21(7-8-23-12-13)17(22)16-10-19-5-6-20-16/h1-6,10,13H,7-9,11-12H2/t13-/m1/s1. The zero-order valence-corrected chi connectivity index (χ0v) is 13.4. The second-order valence-electron chi connectivity index (χ2n) is 5.58. The monoisotopic (exact) mass is 331 g/mol. The fourth-order valence-electron chi connectivity index (χ4n) is 2.73. The lowest BCUT2D eigenvalue weighted by Crippen LogP contribution is -2.36. The van der Waals surface area contributed by atoms with Gasteiger partial charge in [0.1, 0.15) is 5.69 Å². The maximum absolute atomic E-state index is 12.6. The van der Waals surface area contributed by atoms with Crippen molar-refractivity contribution in [3.8, 4) is 0 Å². The van der Waals surface area contributed by atoms with E-state index in [-0.39, 0.29) is 11.8 Å². The first kappa shape index (κ1) is 15.9. The summed E-state index contributed by atoms with van der Waals surface area (Å²) in [6, 6.07) is 7.79. The summed E-state index contributed by atoms with van der Waals surface area (Å²) >= 11 is 6.24. The average molecular weight is 332 g/mol. The van der Waals surface area contributed by atoms with Crippen LogP contribution in [0.5, 0.6) is 0 Å². The number of carbonyl (C=O) groups is 1. The lowest BCUT2D eigenvalue weighted by Gasteiger charge is -2.23. The van der Waals surface area contributed by atoms with Crippen LogP contribution in [-0.4, -0.2) is 47.1 Å². The number of hydrogen-bond donors (Lipinski definition) is 0. The molecule has 1 aromatic heterocycles. The number of nitrogens with zero attached hydrogens (tertiary/aromatic N) is 3. The van der Waals surface area contributed by atoms with Crippen LogP contribution in [0.4, 0.5) is 0 Å². The zero-order chi connectivity index (χ0) is 16.1. The Morgan fingerprint density at radius 3 is 3.00 bits per heavy atom. The summed E-state index contributed by atoms with van der Waals surface area (Å²) in [6.07, 6.45) is 5.37. The Morgan fingerprint density at radius 2 is 2.22 bits per heavy atom. The van der Waals surface area contributed by atoms with E-state index >= 15 is 0 Å². The molecule has 120 valence electrons. The number of halogens is 1. The summed E-state index contributed by atoms with van der Waals surface area (Å²) in [7, 11) is 0. The van der Waals surface area contributed by atoms with Crippen LogP contribution in [0.15, 0.2) is 42.9 Å². The highest BCUT2D eigenvalue weighted by Crippen LogP contribution is 2.21. The first-order valence-corrected chi connectivity index (χ1v) is 7.98. The summed E-state index contributed by atoms with van der Waals surface area (Å²) in [5, 5.41) is 0.753. The summed E-state index contributed by atoms with van der Waals surface area (Å²) in [5.74, 6) is 0.103. The largest absolute Gasteiger partial charge is 0.379 e. The quantitative estimate of drug-likeness (QED) is 0.867. The number of ether oxygens (including phenoxy) is 1. The van der Waals surface area contributed by atoms with Crippen molar-refractivity contribution in [2.45, 2.75) is 6.42 Å². The third-order valence-electron chi connectivity index (χ3n) is 3.87. The maximum atomic E-state index is 12.6. The van der Waals surface area contributed by atoms with Crippen LogP contribution in [0.2, 0.25) is 5.02 Å². The van der Waals surface area contributed by atoms with E-state index in [2.05, 4.69) is 9.97 Å². The van der Waals surface area contributed by atoms with Crippen molar-refractivity contribution in [2.75, 3.05) is 26.3 Å². The van der Waals surface area contributed by atoms with Gasteiger partial charge in [-0.2, -0.15) is 0 Å². The molecule has 0 saturated carbocycles. The maximum Gasteiger partial charge on any atom is 0.274 e. The molecule has 23 heavy (non-hydrogen) atoms. The summed E-state index contributed by atoms with van der Waals surface area (Å²) < 4.78 is 5.66. The van der Waals surface area contributed by atoms with E-state index < -0.39 is 0 Å². The molecule has 2 aromatic rings. The van der Waals surface area contributed by atoms with Crippen molar-refractivity contribution in [1.29, 1.82) is 0 Å². The van der Waals surface area contributed by atoms with Crippen molar-refractivity contribution in [2.24, 2.45) is 5.92 Å². The Morgan fingerprint density at radius 1 is 1.35 bits per heavy atom. The normalized spacial score (nSPS) is 18.5. The topological polar surface area (TPSA) is 55.3 Å². The van der Waals surface area contributed by atoms with Crippen molar-refractivity contribution in [3.05, 3.63) is 59.1 Å². The SMILES string of the molecule is O=C(c1cnccn1)N1CCOC[C@H](Cc2ccccc2Cl)C1. The second-order valence-corrected chi connectivity index (χ2v) is 5.99. The first-order chi connectivity index (χ1) is 11.2. The van der Waals surface area contributed by atoms with E-state index in [4.69, 9.17) is 16.3 Å². The van der Waals surface area contributed by atoms with Gasteiger partial charge in [0.15, 0.2) is 0 Å². The molecule has 1 atom stereocenters. The van der Waals surface area contributed by atoms with E-state index in [1.54, 1.807) is 11.1 Å². The Labute approximate surface area is 140 Å². The molecule has 0 aliphatic carbocycles. The van der Waals surface area contributed by atoms with Crippen molar-refractivity contribution < 1.29 is 9.53 Å². The Kier molecular flexibility index (Phi) is 5.20. The predicted molar refractivity (Wildman–Crippen MR) is 87.4 cm³/mol. The van der Waals surface area contributed by atoms with Gasteiger partial charge < -0.3 is 9.64 Å². The summed E-state index contributed by atoms with van der Waals surface area (Å²) in [6.45, 7) is 2.34. The van der Waals surface area contributed by atoms with Gasteiger partial charge >= 0.3 is 0 Å². The van der Waals surface area contributed by atoms with Gasteiger partial charge in [0, 0.05) is 36.4 Å². The van der Waals surface area contributed by atoms with Gasteiger partial charge in [-0.25, -0.2) is 4.98 Å². The smallest absolute Gasteiger partial charge is 0.274 e. The average Bonchev–Trinajstić information content (AvgIpc) is 2.83. The molecule has 3 rings (SSSR count). The molecule has 1 aromatic carbocycles. The minimum Gasteiger partial charge on any atom is -0.379 e. The van der Waals surface area contributed by atoms with Gasteiger partial charge in [0.25, 0.3) is 5.91 Å². The first-order valence-electron chi connectivity index (χ1n) is 7.60. The molecule has 0 bridgehead atoms. The molecule has 0 N–H and O–H groups in total. The molecule has 1 fully saturated rings. The highest BCUT2D eigenvalue weighted by Gasteiger charge is 2.24. The molecule has 1 amide bonds. The van der Waals surface area contributed by atoms with Crippen LogP contribution in [0.3, 0.4) is 0 Å². The van der Waals surface area contributed by atoms with Gasteiger partial charge in [-0.15, -0.1) is 0 Å². The minimum atomic E-state index is -0.104. The van der Waals surface area contributed by atoms with Crippen LogP contribution >= 0.6 is 11.6 Å². The predicted octanol–water partition coefficient (Wildman–Crippen LogP) is 2.46. The summed E-state index contributed by atoms with van der Waals surface area (Å²) in [5.41, 5.74) is 1.45. The third kappa shape index (κ3) is 4.06. The molecule has 1 saturated heterocycles. The van der Waals surface area contributed by atoms with Gasteiger partial charge in [-0.1, -0.05) is 29.8 Å². The minimum absolute atomic E-state index is 0.104. The lowest BCUT2D eigenvalue weighted by atomic mass is 9.99. The number of carbonyl (C=O) groups excluding carboxylic acids is 1. The highest BCUT2D eigenvalue weighted by atomic mass is 35.5. The van der Waals surface area contributed by atoms with Crippen LogP contribution < -0.4 is 0 Å². The Hall–Kier alpha value is -1.98. The second kappa shape index (κ2) is 7.53. The van der Waals surface area contributed by atoms with E-state index in [0.29, 0.717) is 32.0 Å². The third-order valence-corrected chi connectivity index (χ3v) is 4.24. The molecular formula is C17H18ClN3O2. The van der Waals surface area contributed by atoms with Gasteiger partial charge in [0.2, 0.25) is 0 Å². The Balaban J connectivity index is 1.71. The van der Waals surface area contributed by atoms with E-state index in [1.165, 1.54) is 12.4 Å². The zero-order valence-electron chi connectivity index (χ0n) is 12.7. The molecule has 0 spiro atoms. The van der Waals surface area contributed by atoms with Gasteiger partial charge in [0.05, 0.1) is 19.4 Å².